The van der Waals surface area contributed by atoms with Crippen LogP contribution in [0.1, 0.15) is 62.8 Å². The van der Waals surface area contributed by atoms with Crippen molar-refractivity contribution in [2.45, 2.75) is 66.0 Å². The summed E-state index contributed by atoms with van der Waals surface area (Å²) in [7, 11) is 0. The predicted molar refractivity (Wildman–Crippen MR) is 81.2 cm³/mol. The Kier molecular flexibility index (Phi) is 4.18. The number of rotatable bonds is 3. The lowest BCUT2D eigenvalue weighted by atomic mass is 9.70. The quantitative estimate of drug-likeness (QED) is 0.818. The van der Waals surface area contributed by atoms with Crippen LogP contribution in [0.2, 0.25) is 0 Å². The van der Waals surface area contributed by atoms with Gasteiger partial charge in [-0.15, -0.1) is 11.3 Å². The van der Waals surface area contributed by atoms with Crippen LogP contribution < -0.4 is 5.32 Å². The third-order valence-corrected chi connectivity index (χ3v) is 5.24. The monoisotopic (exact) mass is 265 g/mol. The Labute approximate surface area is 116 Å². The van der Waals surface area contributed by atoms with E-state index >= 15 is 0 Å². The maximum atomic E-state index is 3.84. The summed E-state index contributed by atoms with van der Waals surface area (Å²) >= 11 is 1.92. The van der Waals surface area contributed by atoms with Crippen molar-refractivity contribution in [3.63, 3.8) is 0 Å². The van der Waals surface area contributed by atoms with Crippen molar-refractivity contribution in [3.8, 4) is 0 Å². The molecule has 3 unspecified atom stereocenters. The fourth-order valence-corrected chi connectivity index (χ4v) is 4.48. The lowest BCUT2D eigenvalue weighted by Crippen LogP contribution is -2.41. The van der Waals surface area contributed by atoms with Gasteiger partial charge >= 0.3 is 0 Å². The Bertz CT molecular complexity index is 394. The van der Waals surface area contributed by atoms with E-state index in [-0.39, 0.29) is 0 Å². The van der Waals surface area contributed by atoms with Crippen molar-refractivity contribution >= 4 is 11.3 Å². The van der Waals surface area contributed by atoms with E-state index in [1.165, 1.54) is 29.0 Å². The van der Waals surface area contributed by atoms with E-state index in [0.29, 0.717) is 17.5 Å². The van der Waals surface area contributed by atoms with Crippen molar-refractivity contribution in [2.75, 3.05) is 0 Å². The van der Waals surface area contributed by atoms with Gasteiger partial charge in [0.1, 0.15) is 0 Å². The van der Waals surface area contributed by atoms with E-state index < -0.39 is 0 Å². The van der Waals surface area contributed by atoms with Crippen LogP contribution in [0.25, 0.3) is 0 Å². The minimum atomic E-state index is 0.495. The molecule has 3 atom stereocenters. The summed E-state index contributed by atoms with van der Waals surface area (Å²) in [4.78, 5) is 2.89. The van der Waals surface area contributed by atoms with Crippen molar-refractivity contribution in [1.29, 1.82) is 0 Å². The molecule has 2 rings (SSSR count). The molecule has 0 aromatic carbocycles. The Morgan fingerprint density at radius 3 is 2.61 bits per heavy atom. The summed E-state index contributed by atoms with van der Waals surface area (Å²) in [6.45, 7) is 11.7. The first-order valence-electron chi connectivity index (χ1n) is 7.18. The standard InChI is InChI=1S/C16H27NS/c1-11-8-14(10-16(4,5)9-11)17-13(3)15-7-6-12(2)18-15/h6-7,11,13-14,17H,8-10H2,1-5H3. The van der Waals surface area contributed by atoms with Crippen LogP contribution in [-0.2, 0) is 0 Å². The van der Waals surface area contributed by atoms with Gasteiger partial charge in [0.15, 0.2) is 0 Å². The predicted octanol–water partition coefficient (Wildman–Crippen LogP) is 4.92. The third-order valence-electron chi connectivity index (χ3n) is 4.06. The number of hydrogen-bond acceptors (Lipinski definition) is 2. The van der Waals surface area contributed by atoms with Gasteiger partial charge in [-0.1, -0.05) is 20.8 Å². The Balaban J connectivity index is 1.96. The van der Waals surface area contributed by atoms with Crippen molar-refractivity contribution in [3.05, 3.63) is 21.9 Å². The SMILES string of the molecule is Cc1ccc(C(C)NC2CC(C)CC(C)(C)C2)s1. The minimum Gasteiger partial charge on any atom is -0.307 e. The molecule has 0 bridgehead atoms. The van der Waals surface area contributed by atoms with Gasteiger partial charge in [0.05, 0.1) is 0 Å². The highest BCUT2D eigenvalue weighted by molar-refractivity contribution is 7.12. The summed E-state index contributed by atoms with van der Waals surface area (Å²) in [6.07, 6.45) is 4.02. The van der Waals surface area contributed by atoms with Gasteiger partial charge in [0, 0.05) is 21.8 Å². The van der Waals surface area contributed by atoms with Crippen LogP contribution in [0.15, 0.2) is 12.1 Å². The molecule has 2 heteroatoms. The largest absolute Gasteiger partial charge is 0.307 e. The fourth-order valence-electron chi connectivity index (χ4n) is 3.59. The second-order valence-electron chi connectivity index (χ2n) is 6.95. The molecule has 1 aromatic rings. The molecule has 102 valence electrons. The second kappa shape index (κ2) is 5.34. The molecule has 0 amide bonds. The first kappa shape index (κ1) is 14.1. The van der Waals surface area contributed by atoms with Gasteiger partial charge in [-0.05, 0) is 56.6 Å². The summed E-state index contributed by atoms with van der Waals surface area (Å²) < 4.78 is 0. The van der Waals surface area contributed by atoms with E-state index in [1.54, 1.807) is 0 Å². The second-order valence-corrected chi connectivity index (χ2v) is 8.27. The molecule has 1 fully saturated rings. The average Bonchev–Trinajstić information content (AvgIpc) is 2.61. The van der Waals surface area contributed by atoms with E-state index in [4.69, 9.17) is 0 Å². The molecule has 18 heavy (non-hydrogen) atoms. The van der Waals surface area contributed by atoms with E-state index in [2.05, 4.69) is 52.1 Å². The van der Waals surface area contributed by atoms with Crippen molar-refractivity contribution in [2.24, 2.45) is 11.3 Å². The van der Waals surface area contributed by atoms with Gasteiger partial charge < -0.3 is 5.32 Å². The molecular formula is C16H27NS. The van der Waals surface area contributed by atoms with Crippen LogP contribution in [0.3, 0.4) is 0 Å². The summed E-state index contributed by atoms with van der Waals surface area (Å²) in [6, 6.07) is 5.68. The van der Waals surface area contributed by atoms with Gasteiger partial charge in [0.25, 0.3) is 0 Å². The number of thiophene rings is 1. The summed E-state index contributed by atoms with van der Waals surface area (Å²) in [5, 5.41) is 3.84. The summed E-state index contributed by atoms with van der Waals surface area (Å²) in [5.74, 6) is 0.850. The number of aryl methyl sites for hydroxylation is 1. The van der Waals surface area contributed by atoms with Gasteiger partial charge in [0.2, 0.25) is 0 Å². The molecule has 1 aliphatic rings. The van der Waals surface area contributed by atoms with Crippen LogP contribution in [0, 0.1) is 18.3 Å². The summed E-state index contributed by atoms with van der Waals surface area (Å²) in [5.41, 5.74) is 0.500. The topological polar surface area (TPSA) is 12.0 Å². The molecule has 0 aliphatic heterocycles. The molecule has 1 aliphatic carbocycles. The van der Waals surface area contributed by atoms with Gasteiger partial charge in [-0.25, -0.2) is 0 Å². The third kappa shape index (κ3) is 3.58. The van der Waals surface area contributed by atoms with Crippen LogP contribution in [0.5, 0.6) is 0 Å². The van der Waals surface area contributed by atoms with Crippen LogP contribution in [-0.4, -0.2) is 6.04 Å². The molecule has 0 radical (unpaired) electrons. The highest BCUT2D eigenvalue weighted by atomic mass is 32.1. The molecule has 1 N–H and O–H groups in total. The van der Waals surface area contributed by atoms with Crippen LogP contribution in [0.4, 0.5) is 0 Å². The molecule has 1 aromatic heterocycles. The normalized spacial score (nSPS) is 29.2. The zero-order valence-electron chi connectivity index (χ0n) is 12.4. The fraction of sp³-hybridized carbons (Fsp3) is 0.750. The Hall–Kier alpha value is -0.340. The zero-order chi connectivity index (χ0) is 13.3. The van der Waals surface area contributed by atoms with Crippen LogP contribution >= 0.6 is 11.3 Å². The van der Waals surface area contributed by atoms with E-state index in [1.807, 2.05) is 11.3 Å². The number of hydrogen-bond donors (Lipinski definition) is 1. The molecular weight excluding hydrogens is 238 g/mol. The maximum Gasteiger partial charge on any atom is 0.0388 e. The lowest BCUT2D eigenvalue weighted by Gasteiger charge is -2.40. The maximum absolute atomic E-state index is 3.84. The molecule has 1 heterocycles. The van der Waals surface area contributed by atoms with Crippen molar-refractivity contribution < 1.29 is 0 Å². The molecule has 0 spiro atoms. The van der Waals surface area contributed by atoms with Gasteiger partial charge in [-0.2, -0.15) is 0 Å². The van der Waals surface area contributed by atoms with E-state index in [9.17, 15) is 0 Å². The smallest absolute Gasteiger partial charge is 0.0388 e. The first-order chi connectivity index (χ1) is 8.35. The molecule has 1 nitrogen and oxygen atoms in total. The lowest BCUT2D eigenvalue weighted by molar-refractivity contribution is 0.146. The zero-order valence-corrected chi connectivity index (χ0v) is 13.2. The highest BCUT2D eigenvalue weighted by Gasteiger charge is 2.32. The highest BCUT2D eigenvalue weighted by Crippen LogP contribution is 2.39. The van der Waals surface area contributed by atoms with Gasteiger partial charge in [-0.3, -0.25) is 0 Å². The first-order valence-corrected chi connectivity index (χ1v) is 8.00. The minimum absolute atomic E-state index is 0.495. The molecule has 1 saturated carbocycles. The van der Waals surface area contributed by atoms with Crippen molar-refractivity contribution in [1.82, 2.24) is 5.32 Å². The van der Waals surface area contributed by atoms with E-state index in [0.717, 1.165) is 5.92 Å². The molecule has 0 saturated heterocycles. The number of nitrogens with one attached hydrogen (secondary N) is 1. The Morgan fingerprint density at radius 1 is 1.33 bits per heavy atom. The average molecular weight is 265 g/mol. The Morgan fingerprint density at radius 2 is 2.06 bits per heavy atom.